The maximum atomic E-state index is 6.77. The molecule has 0 bridgehead atoms. The summed E-state index contributed by atoms with van der Waals surface area (Å²) in [6, 6.07) is 84.0. The average molecular weight is 791 g/mol. The summed E-state index contributed by atoms with van der Waals surface area (Å²) >= 11 is 0. The zero-order chi connectivity index (χ0) is 40.8. The minimum absolute atomic E-state index is 0.636. The van der Waals surface area contributed by atoms with Crippen molar-refractivity contribution < 1.29 is 4.74 Å². The van der Waals surface area contributed by atoms with Crippen LogP contribution >= 0.6 is 0 Å². The summed E-state index contributed by atoms with van der Waals surface area (Å²) in [5.41, 5.74) is 15.9. The Labute approximate surface area is 360 Å². The van der Waals surface area contributed by atoms with Gasteiger partial charge in [0.1, 0.15) is 11.5 Å². The smallest absolute Gasteiger partial charge is 0.132 e. The summed E-state index contributed by atoms with van der Waals surface area (Å²) in [6.07, 6.45) is 0. The number of rotatable bonds is 5. The molecule has 0 atom stereocenters. The molecule has 0 amide bonds. The fourth-order valence-corrected chi connectivity index (χ4v) is 10.6. The minimum atomic E-state index is -0.636. The third kappa shape index (κ3) is 4.94. The molecule has 290 valence electrons. The van der Waals surface area contributed by atoms with Crippen LogP contribution in [0.5, 0.6) is 11.5 Å². The number of anilines is 3. The first-order valence-corrected chi connectivity index (χ1v) is 21.3. The van der Waals surface area contributed by atoms with Gasteiger partial charge in [0.2, 0.25) is 0 Å². The van der Waals surface area contributed by atoms with Crippen LogP contribution in [0.1, 0.15) is 22.3 Å². The molecule has 0 N–H and O–H groups in total. The molecule has 0 saturated carbocycles. The molecule has 3 nitrogen and oxygen atoms in total. The van der Waals surface area contributed by atoms with Gasteiger partial charge in [-0.2, -0.15) is 0 Å². The van der Waals surface area contributed by atoms with Crippen molar-refractivity contribution in [1.82, 2.24) is 4.57 Å². The van der Waals surface area contributed by atoms with Crippen LogP contribution < -0.4 is 9.64 Å². The number of para-hydroxylation sites is 4. The summed E-state index contributed by atoms with van der Waals surface area (Å²) in [6.45, 7) is 0. The van der Waals surface area contributed by atoms with E-state index in [2.05, 4.69) is 240 Å². The highest BCUT2D eigenvalue weighted by molar-refractivity contribution is 6.11. The van der Waals surface area contributed by atoms with Crippen LogP contribution in [0, 0.1) is 0 Å². The van der Waals surface area contributed by atoms with Crippen molar-refractivity contribution in [3.63, 3.8) is 0 Å². The Bertz CT molecular complexity index is 3500. The summed E-state index contributed by atoms with van der Waals surface area (Å²) in [4.78, 5) is 2.44. The highest BCUT2D eigenvalue weighted by Gasteiger charge is 2.52. The quantitative estimate of drug-likeness (QED) is 0.173. The zero-order valence-electron chi connectivity index (χ0n) is 33.7. The van der Waals surface area contributed by atoms with E-state index >= 15 is 0 Å². The topological polar surface area (TPSA) is 17.4 Å². The molecule has 3 heteroatoms. The van der Waals surface area contributed by atoms with Crippen LogP contribution in [0.2, 0.25) is 0 Å². The molecule has 11 aromatic rings. The minimum Gasteiger partial charge on any atom is -0.457 e. The lowest BCUT2D eigenvalue weighted by Crippen LogP contribution is -2.32. The second-order valence-electron chi connectivity index (χ2n) is 16.4. The van der Waals surface area contributed by atoms with Gasteiger partial charge in [-0.05, 0) is 117 Å². The molecule has 1 aromatic heterocycles. The normalized spacial score (nSPS) is 13.1. The van der Waals surface area contributed by atoms with Crippen LogP contribution in [-0.2, 0) is 5.41 Å². The van der Waals surface area contributed by atoms with Crippen molar-refractivity contribution in [1.29, 1.82) is 0 Å². The van der Waals surface area contributed by atoms with E-state index in [-0.39, 0.29) is 0 Å². The summed E-state index contributed by atoms with van der Waals surface area (Å²) in [7, 11) is 0. The average Bonchev–Trinajstić information content (AvgIpc) is 3.83. The SMILES string of the molecule is c1ccc(-c2ccc(N(c3ccc4c(c3)C3(c5ccccc5Oc5ccccc53)c3c-4ccc4ccccc34)c3ccc4c(c3)c3ccccc3n4-c3ccccc3)cc2)cc1. The van der Waals surface area contributed by atoms with Gasteiger partial charge in [0, 0.05) is 44.6 Å². The Morgan fingerprint density at radius 1 is 0.371 bits per heavy atom. The van der Waals surface area contributed by atoms with Crippen molar-refractivity contribution in [3.8, 4) is 39.4 Å². The predicted molar refractivity (Wildman–Crippen MR) is 256 cm³/mol. The van der Waals surface area contributed by atoms with Gasteiger partial charge in [-0.25, -0.2) is 0 Å². The molecule has 2 heterocycles. The van der Waals surface area contributed by atoms with E-state index < -0.39 is 5.41 Å². The molecule has 1 aliphatic heterocycles. The zero-order valence-corrected chi connectivity index (χ0v) is 33.7. The molecule has 2 aliphatic rings. The second kappa shape index (κ2) is 13.4. The Morgan fingerprint density at radius 2 is 0.935 bits per heavy atom. The molecular weight excluding hydrogens is 753 g/mol. The van der Waals surface area contributed by atoms with Gasteiger partial charge in [0.05, 0.1) is 16.4 Å². The first kappa shape index (κ1) is 34.7. The molecule has 0 fully saturated rings. The van der Waals surface area contributed by atoms with E-state index in [1.165, 1.54) is 66.0 Å². The third-order valence-corrected chi connectivity index (χ3v) is 13.2. The monoisotopic (exact) mass is 790 g/mol. The summed E-state index contributed by atoms with van der Waals surface area (Å²) in [5.74, 6) is 1.77. The van der Waals surface area contributed by atoms with Gasteiger partial charge in [-0.1, -0.05) is 158 Å². The number of hydrogen-bond donors (Lipinski definition) is 0. The Hall–Kier alpha value is -8.14. The molecule has 0 saturated heterocycles. The lowest BCUT2D eigenvalue weighted by atomic mass is 9.65. The Kier molecular flexibility index (Phi) is 7.52. The fraction of sp³-hybridized carbons (Fsp3) is 0.0169. The number of fused-ring (bicyclic) bond motifs is 14. The van der Waals surface area contributed by atoms with Crippen molar-refractivity contribution in [3.05, 3.63) is 253 Å². The van der Waals surface area contributed by atoms with Gasteiger partial charge >= 0.3 is 0 Å². The molecule has 10 aromatic carbocycles. The maximum absolute atomic E-state index is 6.77. The van der Waals surface area contributed by atoms with E-state index in [1.54, 1.807) is 0 Å². The van der Waals surface area contributed by atoms with Crippen molar-refractivity contribution in [2.45, 2.75) is 5.41 Å². The largest absolute Gasteiger partial charge is 0.457 e. The molecule has 62 heavy (non-hydrogen) atoms. The molecule has 1 aliphatic carbocycles. The number of ether oxygens (including phenoxy) is 1. The third-order valence-electron chi connectivity index (χ3n) is 13.2. The molecule has 13 rings (SSSR count). The first-order chi connectivity index (χ1) is 30.8. The van der Waals surface area contributed by atoms with Crippen LogP contribution in [0.25, 0.3) is 60.5 Å². The van der Waals surface area contributed by atoms with E-state index in [0.717, 1.165) is 45.4 Å². The Morgan fingerprint density at radius 3 is 1.71 bits per heavy atom. The van der Waals surface area contributed by atoms with Gasteiger partial charge in [-0.3, -0.25) is 0 Å². The van der Waals surface area contributed by atoms with Gasteiger partial charge in [-0.15, -0.1) is 0 Å². The summed E-state index contributed by atoms with van der Waals surface area (Å²) in [5, 5.41) is 4.90. The molecule has 1 spiro atoms. The molecule has 0 radical (unpaired) electrons. The standard InChI is InChI=1S/C59H38N2O/c1-3-15-39(16-4-1)40-27-30-43(31-28-40)60(44-33-36-55-50(37-44)48-21-9-12-24-54(48)61(55)42-18-5-2-6-19-42)45-32-35-47-49-34-29-41-17-7-8-20-46(41)58(49)59(53(47)38-45)51-22-10-13-25-56(51)62-57-26-14-11-23-52(57)59/h1-38H. The van der Waals surface area contributed by atoms with Crippen LogP contribution in [0.4, 0.5) is 17.1 Å². The van der Waals surface area contributed by atoms with Crippen molar-refractivity contribution in [2.24, 2.45) is 0 Å². The van der Waals surface area contributed by atoms with Gasteiger partial charge < -0.3 is 14.2 Å². The maximum Gasteiger partial charge on any atom is 0.132 e. The van der Waals surface area contributed by atoms with E-state index in [4.69, 9.17) is 4.74 Å². The fourth-order valence-electron chi connectivity index (χ4n) is 10.6. The lowest BCUT2D eigenvalue weighted by Gasteiger charge is -2.40. The van der Waals surface area contributed by atoms with E-state index in [0.29, 0.717) is 0 Å². The highest BCUT2D eigenvalue weighted by Crippen LogP contribution is 2.64. The van der Waals surface area contributed by atoms with E-state index in [9.17, 15) is 0 Å². The predicted octanol–water partition coefficient (Wildman–Crippen LogP) is 15.5. The van der Waals surface area contributed by atoms with E-state index in [1.807, 2.05) is 0 Å². The van der Waals surface area contributed by atoms with Crippen molar-refractivity contribution in [2.75, 3.05) is 4.90 Å². The highest BCUT2D eigenvalue weighted by atomic mass is 16.5. The van der Waals surface area contributed by atoms with Crippen LogP contribution in [0.3, 0.4) is 0 Å². The Balaban J connectivity index is 1.09. The number of hydrogen-bond acceptors (Lipinski definition) is 2. The van der Waals surface area contributed by atoms with Crippen molar-refractivity contribution >= 4 is 49.6 Å². The van der Waals surface area contributed by atoms with Crippen LogP contribution in [0.15, 0.2) is 231 Å². The number of aromatic nitrogens is 1. The first-order valence-electron chi connectivity index (χ1n) is 21.3. The number of benzene rings is 10. The summed E-state index contributed by atoms with van der Waals surface area (Å²) < 4.78 is 9.15. The van der Waals surface area contributed by atoms with Gasteiger partial charge in [0.15, 0.2) is 0 Å². The number of nitrogens with zero attached hydrogens (tertiary/aromatic N) is 2. The lowest BCUT2D eigenvalue weighted by molar-refractivity contribution is 0.437. The molecular formula is C59H38N2O. The molecule has 0 unspecified atom stereocenters. The van der Waals surface area contributed by atoms with Gasteiger partial charge in [0.25, 0.3) is 0 Å². The second-order valence-corrected chi connectivity index (χ2v) is 16.4. The van der Waals surface area contributed by atoms with Crippen LogP contribution in [-0.4, -0.2) is 4.57 Å².